The molecule has 0 radical (unpaired) electrons. The summed E-state index contributed by atoms with van der Waals surface area (Å²) in [5.74, 6) is 0. The molecule has 1 aromatic carbocycles. The third kappa shape index (κ3) is 3.22. The summed E-state index contributed by atoms with van der Waals surface area (Å²) in [5.41, 5.74) is 1.12. The molecule has 0 fully saturated rings. The molecule has 0 aliphatic heterocycles. The van der Waals surface area contributed by atoms with Crippen molar-refractivity contribution in [2.75, 3.05) is 11.9 Å². The van der Waals surface area contributed by atoms with Crippen LogP contribution in [0.5, 0.6) is 0 Å². The maximum atomic E-state index is 12.0. The minimum atomic E-state index is -0.504. The van der Waals surface area contributed by atoms with Crippen LogP contribution in [0, 0.1) is 0 Å². The number of para-hydroxylation sites is 1. The van der Waals surface area contributed by atoms with Gasteiger partial charge >= 0.3 is 6.09 Å². The monoisotopic (exact) mass is 258 g/mol. The normalized spacial score (nSPS) is 11.4. The molecule has 0 aliphatic rings. The van der Waals surface area contributed by atoms with Gasteiger partial charge < -0.3 is 4.74 Å². The first kappa shape index (κ1) is 13.3. The van der Waals surface area contributed by atoms with Crippen LogP contribution in [0.4, 0.5) is 10.5 Å². The van der Waals surface area contributed by atoms with Crippen molar-refractivity contribution >= 4 is 22.7 Å². The van der Waals surface area contributed by atoms with Crippen LogP contribution < -0.4 is 4.90 Å². The zero-order chi connectivity index (χ0) is 14.0. The van der Waals surface area contributed by atoms with Gasteiger partial charge in [-0.1, -0.05) is 18.2 Å². The van der Waals surface area contributed by atoms with Gasteiger partial charge in [0.2, 0.25) is 0 Å². The van der Waals surface area contributed by atoms with E-state index in [0.29, 0.717) is 5.69 Å². The van der Waals surface area contributed by atoms with Crippen molar-refractivity contribution < 1.29 is 9.53 Å². The van der Waals surface area contributed by atoms with E-state index in [2.05, 4.69) is 4.98 Å². The lowest BCUT2D eigenvalue weighted by molar-refractivity contribution is 0.0589. The van der Waals surface area contributed by atoms with Gasteiger partial charge in [0.05, 0.1) is 17.4 Å². The number of hydrogen-bond acceptors (Lipinski definition) is 3. The maximum absolute atomic E-state index is 12.0. The Morgan fingerprint density at radius 2 is 1.95 bits per heavy atom. The van der Waals surface area contributed by atoms with E-state index in [0.717, 1.165) is 10.9 Å². The summed E-state index contributed by atoms with van der Waals surface area (Å²) in [5, 5.41) is 0.996. The minimum Gasteiger partial charge on any atom is -0.443 e. The van der Waals surface area contributed by atoms with E-state index < -0.39 is 5.60 Å². The highest BCUT2D eigenvalue weighted by molar-refractivity contribution is 5.90. The minimum absolute atomic E-state index is 0.385. The smallest absolute Gasteiger partial charge is 0.414 e. The summed E-state index contributed by atoms with van der Waals surface area (Å²) in [6.07, 6.45) is 1.29. The van der Waals surface area contributed by atoms with E-state index >= 15 is 0 Å². The highest BCUT2D eigenvalue weighted by Gasteiger charge is 2.20. The van der Waals surface area contributed by atoms with Gasteiger partial charge in [0.15, 0.2) is 0 Å². The lowest BCUT2D eigenvalue weighted by Crippen LogP contribution is -2.34. The predicted octanol–water partition coefficient (Wildman–Crippen LogP) is 3.61. The van der Waals surface area contributed by atoms with Gasteiger partial charge in [-0.05, 0) is 32.9 Å². The highest BCUT2D eigenvalue weighted by Crippen LogP contribution is 2.20. The Kier molecular flexibility index (Phi) is 3.42. The Labute approximate surface area is 113 Å². The van der Waals surface area contributed by atoms with Crippen molar-refractivity contribution in [3.8, 4) is 0 Å². The molecule has 0 saturated carbocycles. The summed E-state index contributed by atoms with van der Waals surface area (Å²) < 4.78 is 5.33. The van der Waals surface area contributed by atoms with Crippen LogP contribution >= 0.6 is 0 Å². The molecule has 4 heteroatoms. The number of amides is 1. The van der Waals surface area contributed by atoms with E-state index in [-0.39, 0.29) is 6.09 Å². The molecule has 0 bridgehead atoms. The Bertz CT molecular complexity index is 602. The average Bonchev–Trinajstić information content (AvgIpc) is 2.35. The predicted molar refractivity (Wildman–Crippen MR) is 76.4 cm³/mol. The maximum Gasteiger partial charge on any atom is 0.414 e. The number of carbonyl (C=O) groups is 1. The number of rotatable bonds is 1. The molecule has 0 saturated heterocycles. The second kappa shape index (κ2) is 4.88. The van der Waals surface area contributed by atoms with Crippen LogP contribution in [0.25, 0.3) is 10.9 Å². The molecule has 0 unspecified atom stereocenters. The molecular weight excluding hydrogens is 240 g/mol. The van der Waals surface area contributed by atoms with E-state index in [1.54, 1.807) is 13.2 Å². The van der Waals surface area contributed by atoms with Gasteiger partial charge in [-0.25, -0.2) is 4.79 Å². The largest absolute Gasteiger partial charge is 0.443 e. The third-order valence-electron chi connectivity index (χ3n) is 2.63. The Morgan fingerprint density at radius 1 is 1.26 bits per heavy atom. The first-order chi connectivity index (χ1) is 8.87. The third-order valence-corrected chi connectivity index (χ3v) is 2.63. The fourth-order valence-electron chi connectivity index (χ4n) is 1.68. The van der Waals surface area contributed by atoms with Crippen LogP contribution in [0.15, 0.2) is 36.5 Å². The number of hydrogen-bond donors (Lipinski definition) is 0. The second-order valence-electron chi connectivity index (χ2n) is 5.43. The molecule has 1 heterocycles. The van der Waals surface area contributed by atoms with Gasteiger partial charge in [0.1, 0.15) is 5.60 Å². The van der Waals surface area contributed by atoms with E-state index in [9.17, 15) is 4.79 Å². The van der Waals surface area contributed by atoms with Crippen LogP contribution in [-0.2, 0) is 4.74 Å². The van der Waals surface area contributed by atoms with E-state index in [1.807, 2.05) is 51.1 Å². The van der Waals surface area contributed by atoms with Crippen LogP contribution in [0.2, 0.25) is 0 Å². The standard InChI is InChI=1S/C15H18N2O2/c1-15(2,3)19-14(18)17(4)12-9-11-7-5-6-8-13(11)16-10-12/h5-10H,1-4H3. The molecule has 0 atom stereocenters. The number of nitrogens with zero attached hydrogens (tertiary/aromatic N) is 2. The molecule has 0 N–H and O–H groups in total. The first-order valence-corrected chi connectivity index (χ1v) is 6.18. The number of pyridine rings is 1. The quantitative estimate of drug-likeness (QED) is 0.784. The summed E-state index contributed by atoms with van der Waals surface area (Å²) in [7, 11) is 1.68. The molecule has 1 aromatic heterocycles. The Hall–Kier alpha value is -2.10. The van der Waals surface area contributed by atoms with Crippen molar-refractivity contribution in [1.82, 2.24) is 4.98 Å². The summed E-state index contributed by atoms with van der Waals surface area (Å²) in [6.45, 7) is 5.53. The molecule has 4 nitrogen and oxygen atoms in total. The van der Waals surface area contributed by atoms with Gasteiger partial charge in [-0.15, -0.1) is 0 Å². The zero-order valence-corrected chi connectivity index (χ0v) is 11.7. The average molecular weight is 258 g/mol. The molecule has 0 aliphatic carbocycles. The molecule has 1 amide bonds. The molecule has 19 heavy (non-hydrogen) atoms. The first-order valence-electron chi connectivity index (χ1n) is 6.18. The molecule has 100 valence electrons. The van der Waals surface area contributed by atoms with Gasteiger partial charge in [0, 0.05) is 12.4 Å². The van der Waals surface area contributed by atoms with E-state index in [4.69, 9.17) is 4.74 Å². The Balaban J connectivity index is 2.26. The number of ether oxygens (including phenoxy) is 1. The van der Waals surface area contributed by atoms with Crippen LogP contribution in [0.1, 0.15) is 20.8 Å². The van der Waals surface area contributed by atoms with Crippen molar-refractivity contribution in [3.63, 3.8) is 0 Å². The molecular formula is C15H18N2O2. The topological polar surface area (TPSA) is 42.4 Å². The fourth-order valence-corrected chi connectivity index (χ4v) is 1.68. The van der Waals surface area contributed by atoms with E-state index in [1.165, 1.54) is 4.90 Å². The van der Waals surface area contributed by atoms with Crippen LogP contribution in [0.3, 0.4) is 0 Å². The number of anilines is 1. The fraction of sp³-hybridized carbons (Fsp3) is 0.333. The summed E-state index contributed by atoms with van der Waals surface area (Å²) in [6, 6.07) is 9.71. The molecule has 0 spiro atoms. The van der Waals surface area contributed by atoms with Gasteiger partial charge in [0.25, 0.3) is 0 Å². The molecule has 2 aromatic rings. The molecule has 2 rings (SSSR count). The summed E-state index contributed by atoms with van der Waals surface area (Å²) >= 11 is 0. The van der Waals surface area contributed by atoms with Crippen molar-refractivity contribution in [3.05, 3.63) is 36.5 Å². The van der Waals surface area contributed by atoms with Crippen molar-refractivity contribution in [1.29, 1.82) is 0 Å². The SMILES string of the molecule is CN(C(=O)OC(C)(C)C)c1cnc2ccccc2c1. The van der Waals surface area contributed by atoms with Gasteiger partial charge in [-0.3, -0.25) is 9.88 Å². The number of fused-ring (bicyclic) bond motifs is 1. The number of benzene rings is 1. The zero-order valence-electron chi connectivity index (χ0n) is 11.7. The second-order valence-corrected chi connectivity index (χ2v) is 5.43. The van der Waals surface area contributed by atoms with Crippen LogP contribution in [-0.4, -0.2) is 23.7 Å². The number of aromatic nitrogens is 1. The van der Waals surface area contributed by atoms with Crippen molar-refractivity contribution in [2.45, 2.75) is 26.4 Å². The van der Waals surface area contributed by atoms with Gasteiger partial charge in [-0.2, -0.15) is 0 Å². The number of carbonyl (C=O) groups excluding carboxylic acids is 1. The Morgan fingerprint density at radius 3 is 2.63 bits per heavy atom. The highest BCUT2D eigenvalue weighted by atomic mass is 16.6. The van der Waals surface area contributed by atoms with Crippen molar-refractivity contribution in [2.24, 2.45) is 0 Å². The lowest BCUT2D eigenvalue weighted by Gasteiger charge is -2.24. The summed E-state index contributed by atoms with van der Waals surface area (Å²) in [4.78, 5) is 17.8. The lowest BCUT2D eigenvalue weighted by atomic mass is 10.2.